The number of pyridine rings is 1. The fourth-order valence-corrected chi connectivity index (χ4v) is 3.38. The maximum absolute atomic E-state index is 14.2. The van der Waals surface area contributed by atoms with Crippen LogP contribution in [0.15, 0.2) is 60.9 Å². The van der Waals surface area contributed by atoms with Gasteiger partial charge < -0.3 is 10.1 Å². The average Bonchev–Trinajstić information content (AvgIpc) is 3.06. The van der Waals surface area contributed by atoms with Crippen molar-refractivity contribution in [2.24, 2.45) is 0 Å². The molecule has 0 spiro atoms. The third kappa shape index (κ3) is 3.24. The van der Waals surface area contributed by atoms with Gasteiger partial charge >= 0.3 is 6.09 Å². The van der Waals surface area contributed by atoms with Gasteiger partial charge in [-0.3, -0.25) is 4.98 Å². The number of amides is 1. The summed E-state index contributed by atoms with van der Waals surface area (Å²) in [6.45, 7) is 0. The van der Waals surface area contributed by atoms with Crippen LogP contribution in [0.4, 0.5) is 13.6 Å². The van der Waals surface area contributed by atoms with Crippen molar-refractivity contribution in [2.45, 2.75) is 12.1 Å². The molecule has 1 N–H and O–H groups in total. The summed E-state index contributed by atoms with van der Waals surface area (Å²) < 4.78 is 33.1. The Bertz CT molecular complexity index is 1030. The highest BCUT2D eigenvalue weighted by atomic mass is 35.5. The lowest BCUT2D eigenvalue weighted by atomic mass is 9.95. The van der Waals surface area contributed by atoms with Gasteiger partial charge in [0.2, 0.25) is 0 Å². The van der Waals surface area contributed by atoms with Crippen LogP contribution in [0.3, 0.4) is 0 Å². The molecule has 1 saturated heterocycles. The van der Waals surface area contributed by atoms with E-state index >= 15 is 0 Å². The van der Waals surface area contributed by atoms with E-state index in [1.165, 1.54) is 12.1 Å². The highest BCUT2D eigenvalue weighted by Crippen LogP contribution is 2.39. The minimum atomic E-state index is -1.04. The topological polar surface area (TPSA) is 51.2 Å². The number of rotatable bonds is 3. The zero-order valence-electron chi connectivity index (χ0n) is 13.8. The third-order valence-electron chi connectivity index (χ3n) is 4.40. The van der Waals surface area contributed by atoms with Crippen molar-refractivity contribution in [1.29, 1.82) is 0 Å². The predicted octanol–water partition coefficient (Wildman–Crippen LogP) is 5.20. The predicted molar refractivity (Wildman–Crippen MR) is 96.1 cm³/mol. The fourth-order valence-electron chi connectivity index (χ4n) is 3.13. The summed E-state index contributed by atoms with van der Waals surface area (Å²) in [7, 11) is 0. The number of hydrogen-bond acceptors (Lipinski definition) is 3. The molecule has 2 atom stereocenters. The Hall–Kier alpha value is -2.99. The molecule has 1 aliphatic heterocycles. The maximum atomic E-state index is 14.2. The van der Waals surface area contributed by atoms with Crippen molar-refractivity contribution in [3.63, 3.8) is 0 Å². The SMILES string of the molecule is O=C1N[C@H](c2cncc(-c3ccccc3Cl)c2)[C@@H](c2cccc(F)c2F)O1. The first kappa shape index (κ1) is 17.4. The summed E-state index contributed by atoms with van der Waals surface area (Å²) in [5, 5.41) is 3.19. The first-order valence-electron chi connectivity index (χ1n) is 8.15. The van der Waals surface area contributed by atoms with Crippen LogP contribution in [-0.4, -0.2) is 11.1 Å². The van der Waals surface area contributed by atoms with Crippen molar-refractivity contribution in [2.75, 3.05) is 0 Å². The van der Waals surface area contributed by atoms with Crippen molar-refractivity contribution in [3.05, 3.63) is 88.7 Å². The molecule has 7 heteroatoms. The molecule has 4 nitrogen and oxygen atoms in total. The zero-order chi connectivity index (χ0) is 19.0. The van der Waals surface area contributed by atoms with Crippen LogP contribution in [0.1, 0.15) is 23.3 Å². The van der Waals surface area contributed by atoms with Crippen molar-refractivity contribution < 1.29 is 18.3 Å². The quantitative estimate of drug-likeness (QED) is 0.673. The number of hydrogen-bond donors (Lipinski definition) is 1. The third-order valence-corrected chi connectivity index (χ3v) is 4.73. The molecule has 136 valence electrons. The van der Waals surface area contributed by atoms with Gasteiger partial charge in [-0.15, -0.1) is 0 Å². The number of ether oxygens (including phenoxy) is 1. The van der Waals surface area contributed by atoms with E-state index in [9.17, 15) is 13.6 Å². The molecule has 27 heavy (non-hydrogen) atoms. The van der Waals surface area contributed by atoms with Crippen molar-refractivity contribution in [3.8, 4) is 11.1 Å². The molecule has 1 aliphatic rings. The van der Waals surface area contributed by atoms with Gasteiger partial charge in [0.1, 0.15) is 6.04 Å². The number of cyclic esters (lactones) is 1. The lowest BCUT2D eigenvalue weighted by Crippen LogP contribution is -2.20. The Morgan fingerprint density at radius 3 is 2.70 bits per heavy atom. The van der Waals surface area contributed by atoms with Crippen LogP contribution in [0, 0.1) is 11.6 Å². The molecule has 0 bridgehead atoms. The number of nitrogens with zero attached hydrogens (tertiary/aromatic N) is 1. The molecule has 0 radical (unpaired) electrons. The molecular weight excluding hydrogens is 374 g/mol. The summed E-state index contributed by atoms with van der Waals surface area (Å²) in [5.74, 6) is -2.05. The van der Waals surface area contributed by atoms with Gasteiger partial charge in [-0.05, 0) is 23.8 Å². The Kier molecular flexibility index (Phi) is 4.49. The van der Waals surface area contributed by atoms with Crippen LogP contribution in [0.25, 0.3) is 11.1 Å². The summed E-state index contributed by atoms with van der Waals surface area (Å²) in [5.41, 5.74) is 2.05. The van der Waals surface area contributed by atoms with E-state index in [-0.39, 0.29) is 5.56 Å². The number of carbonyl (C=O) groups excluding carboxylic acids is 1. The highest BCUT2D eigenvalue weighted by Gasteiger charge is 2.38. The molecule has 2 heterocycles. The molecule has 4 rings (SSSR count). The molecule has 3 aromatic rings. The number of alkyl carbamates (subject to hydrolysis) is 1. The van der Waals surface area contributed by atoms with Crippen LogP contribution in [0.5, 0.6) is 0 Å². The number of carbonyl (C=O) groups is 1. The molecule has 1 fully saturated rings. The molecule has 0 aliphatic carbocycles. The second-order valence-electron chi connectivity index (χ2n) is 6.08. The van der Waals surface area contributed by atoms with Crippen LogP contribution >= 0.6 is 11.6 Å². The number of aromatic nitrogens is 1. The summed E-state index contributed by atoms with van der Waals surface area (Å²) in [6.07, 6.45) is 1.46. The van der Waals surface area contributed by atoms with Crippen LogP contribution in [-0.2, 0) is 4.74 Å². The fraction of sp³-hybridized carbons (Fsp3) is 0.100. The van der Waals surface area contributed by atoms with E-state index in [0.29, 0.717) is 10.6 Å². The second-order valence-corrected chi connectivity index (χ2v) is 6.48. The Morgan fingerprint density at radius 2 is 1.89 bits per heavy atom. The van der Waals surface area contributed by atoms with E-state index in [1.54, 1.807) is 24.5 Å². The summed E-state index contributed by atoms with van der Waals surface area (Å²) in [6, 6.07) is 12.1. The van der Waals surface area contributed by atoms with Gasteiger partial charge in [0.05, 0.1) is 0 Å². The number of nitrogens with one attached hydrogen (secondary N) is 1. The van der Waals surface area contributed by atoms with Crippen molar-refractivity contribution in [1.82, 2.24) is 10.3 Å². The molecule has 0 unspecified atom stereocenters. The van der Waals surface area contributed by atoms with Gasteiger partial charge in [0.25, 0.3) is 0 Å². The number of benzene rings is 2. The number of halogens is 3. The molecule has 2 aromatic carbocycles. The first-order chi connectivity index (χ1) is 13.0. The standard InChI is InChI=1S/C20H13ClF2N2O2/c21-15-6-2-1-4-13(15)11-8-12(10-24-9-11)18-19(27-20(26)25-18)14-5-3-7-16(22)17(14)23/h1-10,18-19H,(H,25,26)/t18-,19-/m1/s1. The monoisotopic (exact) mass is 386 g/mol. The zero-order valence-corrected chi connectivity index (χ0v) is 14.6. The van der Waals surface area contributed by atoms with Gasteiger partial charge in [0.15, 0.2) is 17.7 Å². The van der Waals surface area contributed by atoms with E-state index in [0.717, 1.165) is 17.2 Å². The normalized spacial score (nSPS) is 18.9. The Morgan fingerprint density at radius 1 is 1.07 bits per heavy atom. The lowest BCUT2D eigenvalue weighted by molar-refractivity contribution is 0.129. The lowest BCUT2D eigenvalue weighted by Gasteiger charge is -2.19. The highest BCUT2D eigenvalue weighted by molar-refractivity contribution is 6.33. The average molecular weight is 387 g/mol. The van der Waals surface area contributed by atoms with E-state index < -0.39 is 29.9 Å². The van der Waals surface area contributed by atoms with Gasteiger partial charge in [0, 0.05) is 34.1 Å². The van der Waals surface area contributed by atoms with Gasteiger partial charge in [-0.1, -0.05) is 41.9 Å². The van der Waals surface area contributed by atoms with Crippen LogP contribution < -0.4 is 5.32 Å². The Labute approximate surface area is 158 Å². The smallest absolute Gasteiger partial charge is 0.408 e. The first-order valence-corrected chi connectivity index (χ1v) is 8.53. The maximum Gasteiger partial charge on any atom is 0.408 e. The molecular formula is C20H13ClF2N2O2. The largest absolute Gasteiger partial charge is 0.439 e. The second kappa shape index (κ2) is 6.96. The Balaban J connectivity index is 1.76. The van der Waals surface area contributed by atoms with Crippen LogP contribution in [0.2, 0.25) is 5.02 Å². The minimum absolute atomic E-state index is 0.0403. The molecule has 1 amide bonds. The summed E-state index contributed by atoms with van der Waals surface area (Å²) in [4.78, 5) is 16.0. The van der Waals surface area contributed by atoms with Gasteiger partial charge in [-0.25, -0.2) is 13.6 Å². The molecule has 0 saturated carbocycles. The minimum Gasteiger partial charge on any atom is -0.439 e. The van der Waals surface area contributed by atoms with E-state index in [1.807, 2.05) is 18.2 Å². The van der Waals surface area contributed by atoms with Crippen molar-refractivity contribution >= 4 is 17.7 Å². The van der Waals surface area contributed by atoms with Gasteiger partial charge in [-0.2, -0.15) is 0 Å². The molecule has 1 aromatic heterocycles. The summed E-state index contributed by atoms with van der Waals surface area (Å²) >= 11 is 6.24. The van der Waals surface area contributed by atoms with E-state index in [2.05, 4.69) is 10.3 Å². The van der Waals surface area contributed by atoms with E-state index in [4.69, 9.17) is 16.3 Å².